The number of aromatic nitrogens is 3. The number of anilines is 1. The van der Waals surface area contributed by atoms with Crippen LogP contribution in [-0.2, 0) is 13.1 Å². The minimum atomic E-state index is -0.586. The summed E-state index contributed by atoms with van der Waals surface area (Å²) < 4.78 is 21.9. The Morgan fingerprint density at radius 1 is 1.21 bits per heavy atom. The van der Waals surface area contributed by atoms with Crippen LogP contribution in [0, 0.1) is 19.7 Å². The molecule has 3 aromatic rings. The first-order chi connectivity index (χ1) is 13.5. The molecule has 3 rings (SSSR count). The summed E-state index contributed by atoms with van der Waals surface area (Å²) in [6.45, 7) is 6.68. The molecule has 2 N–H and O–H groups in total. The second-order valence-corrected chi connectivity index (χ2v) is 6.39. The Balaban J connectivity index is 1.73. The molecule has 0 radical (unpaired) electrons. The molecule has 0 atom stereocenters. The first-order valence-electron chi connectivity index (χ1n) is 8.93. The molecule has 0 bridgehead atoms. The largest absolute Gasteiger partial charge is 0.455 e. The Hall–Kier alpha value is -3.42. The molecule has 0 unspecified atom stereocenters. The van der Waals surface area contributed by atoms with Crippen molar-refractivity contribution in [3.8, 4) is 11.5 Å². The van der Waals surface area contributed by atoms with Crippen LogP contribution in [0.4, 0.5) is 14.9 Å². The van der Waals surface area contributed by atoms with E-state index in [-0.39, 0.29) is 18.0 Å². The Labute approximate surface area is 162 Å². The molecule has 0 saturated carbocycles. The van der Waals surface area contributed by atoms with Gasteiger partial charge in [-0.2, -0.15) is 0 Å². The average molecular weight is 383 g/mol. The van der Waals surface area contributed by atoms with Crippen LogP contribution >= 0.6 is 0 Å². The number of carbonyl (C=O) groups is 1. The van der Waals surface area contributed by atoms with Gasteiger partial charge in [0.15, 0.2) is 11.6 Å². The number of urea groups is 1. The van der Waals surface area contributed by atoms with E-state index in [0.29, 0.717) is 12.3 Å². The first kappa shape index (κ1) is 19.3. The van der Waals surface area contributed by atoms with E-state index < -0.39 is 11.8 Å². The smallest absolute Gasteiger partial charge is 0.319 e. The van der Waals surface area contributed by atoms with Crippen LogP contribution in [0.2, 0.25) is 0 Å². The molecule has 1 aromatic heterocycles. The SMILES string of the molecule is CCn1nncc1CNC(=O)Nc1c(F)cccc1Oc1cc(C)cc(C)c1. The summed E-state index contributed by atoms with van der Waals surface area (Å²) >= 11 is 0. The van der Waals surface area contributed by atoms with Gasteiger partial charge in [-0.1, -0.05) is 17.3 Å². The number of halogens is 1. The quantitative estimate of drug-likeness (QED) is 0.669. The fourth-order valence-corrected chi connectivity index (χ4v) is 2.84. The van der Waals surface area contributed by atoms with Gasteiger partial charge in [0, 0.05) is 6.54 Å². The number of amides is 2. The minimum absolute atomic E-state index is 0.0266. The summed E-state index contributed by atoms with van der Waals surface area (Å²) in [4.78, 5) is 12.3. The predicted octanol–water partition coefficient (Wildman–Crippen LogP) is 4.17. The summed E-state index contributed by atoms with van der Waals surface area (Å²) in [5.41, 5.74) is 2.78. The lowest BCUT2D eigenvalue weighted by atomic mass is 10.1. The zero-order chi connectivity index (χ0) is 20.1. The van der Waals surface area contributed by atoms with Gasteiger partial charge in [-0.15, -0.1) is 5.10 Å². The van der Waals surface area contributed by atoms with Gasteiger partial charge >= 0.3 is 6.03 Å². The maximum absolute atomic E-state index is 14.4. The monoisotopic (exact) mass is 383 g/mol. The second kappa shape index (κ2) is 8.51. The Morgan fingerprint density at radius 2 is 1.96 bits per heavy atom. The molecular weight excluding hydrogens is 361 g/mol. The van der Waals surface area contributed by atoms with Crippen molar-refractivity contribution in [2.45, 2.75) is 33.9 Å². The third kappa shape index (κ3) is 4.64. The van der Waals surface area contributed by atoms with Crippen LogP contribution in [-0.4, -0.2) is 21.0 Å². The van der Waals surface area contributed by atoms with Gasteiger partial charge in [-0.25, -0.2) is 13.9 Å². The second-order valence-electron chi connectivity index (χ2n) is 6.39. The zero-order valence-corrected chi connectivity index (χ0v) is 16.0. The molecular formula is C20H22FN5O2. The summed E-state index contributed by atoms with van der Waals surface area (Å²) in [7, 11) is 0. The predicted molar refractivity (Wildman–Crippen MR) is 104 cm³/mol. The minimum Gasteiger partial charge on any atom is -0.455 e. The third-order valence-corrected chi connectivity index (χ3v) is 4.06. The average Bonchev–Trinajstić information content (AvgIpc) is 3.09. The molecule has 0 fully saturated rings. The van der Waals surface area contributed by atoms with E-state index in [9.17, 15) is 9.18 Å². The summed E-state index contributed by atoms with van der Waals surface area (Å²) in [6, 6.07) is 9.55. The molecule has 0 aliphatic heterocycles. The number of hydrogen-bond donors (Lipinski definition) is 2. The standard InChI is InChI=1S/C20H22FN5O2/c1-4-26-15(12-23-25-26)11-22-20(27)24-19-17(21)6-5-7-18(19)28-16-9-13(2)8-14(3)10-16/h5-10,12H,4,11H2,1-3H3,(H2,22,24,27). The molecule has 0 aliphatic carbocycles. The van der Waals surface area contributed by atoms with Crippen molar-refractivity contribution in [1.29, 1.82) is 0 Å². The number of nitrogens with zero attached hydrogens (tertiary/aromatic N) is 3. The van der Waals surface area contributed by atoms with Crippen LogP contribution in [0.5, 0.6) is 11.5 Å². The van der Waals surface area contributed by atoms with Crippen LogP contribution in [0.3, 0.4) is 0 Å². The first-order valence-corrected chi connectivity index (χ1v) is 8.93. The van der Waals surface area contributed by atoms with Gasteiger partial charge < -0.3 is 15.4 Å². The van der Waals surface area contributed by atoms with Gasteiger partial charge in [0.05, 0.1) is 18.4 Å². The topological polar surface area (TPSA) is 81.1 Å². The molecule has 146 valence electrons. The lowest BCUT2D eigenvalue weighted by molar-refractivity contribution is 0.251. The van der Waals surface area contributed by atoms with Crippen molar-refractivity contribution in [1.82, 2.24) is 20.3 Å². The van der Waals surface area contributed by atoms with E-state index in [2.05, 4.69) is 20.9 Å². The van der Waals surface area contributed by atoms with Gasteiger partial charge in [0.2, 0.25) is 0 Å². The lowest BCUT2D eigenvalue weighted by Gasteiger charge is -2.14. The van der Waals surface area contributed by atoms with Crippen molar-refractivity contribution in [3.63, 3.8) is 0 Å². The molecule has 8 heteroatoms. The van der Waals surface area contributed by atoms with Crippen LogP contribution in [0.1, 0.15) is 23.7 Å². The van der Waals surface area contributed by atoms with Crippen molar-refractivity contribution in [3.05, 3.63) is 65.2 Å². The summed E-state index contributed by atoms with van der Waals surface area (Å²) in [5, 5.41) is 12.9. The van der Waals surface area contributed by atoms with E-state index >= 15 is 0 Å². The Kier molecular flexibility index (Phi) is 5.88. The number of ether oxygens (including phenoxy) is 1. The Bertz CT molecular complexity index is 966. The van der Waals surface area contributed by atoms with E-state index in [4.69, 9.17) is 4.74 Å². The number of benzene rings is 2. The molecule has 28 heavy (non-hydrogen) atoms. The Morgan fingerprint density at radius 3 is 2.68 bits per heavy atom. The van der Waals surface area contributed by atoms with Gasteiger partial charge in [0.1, 0.15) is 11.4 Å². The van der Waals surface area contributed by atoms with Crippen molar-refractivity contribution < 1.29 is 13.9 Å². The fourth-order valence-electron chi connectivity index (χ4n) is 2.84. The van der Waals surface area contributed by atoms with Crippen LogP contribution in [0.15, 0.2) is 42.6 Å². The highest BCUT2D eigenvalue weighted by Gasteiger charge is 2.14. The van der Waals surface area contributed by atoms with Gasteiger partial charge in [-0.05, 0) is 56.2 Å². The fraction of sp³-hybridized carbons (Fsp3) is 0.250. The zero-order valence-electron chi connectivity index (χ0n) is 16.0. The normalized spacial score (nSPS) is 10.6. The third-order valence-electron chi connectivity index (χ3n) is 4.06. The summed E-state index contributed by atoms with van der Waals surface area (Å²) in [6.07, 6.45) is 1.57. The van der Waals surface area contributed by atoms with Crippen molar-refractivity contribution >= 4 is 11.7 Å². The van der Waals surface area contributed by atoms with Crippen LogP contribution in [0.25, 0.3) is 0 Å². The number of carbonyl (C=O) groups excluding carboxylic acids is 1. The molecule has 0 aliphatic rings. The maximum Gasteiger partial charge on any atom is 0.319 e. The van der Waals surface area contributed by atoms with E-state index in [1.54, 1.807) is 16.9 Å². The number of hydrogen-bond acceptors (Lipinski definition) is 4. The molecule has 2 aromatic carbocycles. The molecule has 1 heterocycles. The molecule has 0 spiro atoms. The van der Waals surface area contributed by atoms with E-state index in [1.807, 2.05) is 39.0 Å². The molecule has 2 amide bonds. The van der Waals surface area contributed by atoms with Crippen molar-refractivity contribution in [2.24, 2.45) is 0 Å². The number of aryl methyl sites for hydroxylation is 3. The highest BCUT2D eigenvalue weighted by molar-refractivity contribution is 5.91. The molecule has 7 nitrogen and oxygen atoms in total. The lowest BCUT2D eigenvalue weighted by Crippen LogP contribution is -2.29. The number of rotatable bonds is 6. The highest BCUT2D eigenvalue weighted by Crippen LogP contribution is 2.32. The van der Waals surface area contributed by atoms with E-state index in [1.165, 1.54) is 12.1 Å². The van der Waals surface area contributed by atoms with Gasteiger partial charge in [0.25, 0.3) is 0 Å². The van der Waals surface area contributed by atoms with E-state index in [0.717, 1.165) is 16.8 Å². The van der Waals surface area contributed by atoms with Gasteiger partial charge in [-0.3, -0.25) is 0 Å². The summed E-state index contributed by atoms with van der Waals surface area (Å²) in [5.74, 6) is 0.210. The number of nitrogens with one attached hydrogen (secondary N) is 2. The molecule has 0 saturated heterocycles. The number of para-hydroxylation sites is 1. The highest BCUT2D eigenvalue weighted by atomic mass is 19.1. The van der Waals surface area contributed by atoms with Crippen molar-refractivity contribution in [2.75, 3.05) is 5.32 Å². The van der Waals surface area contributed by atoms with Crippen LogP contribution < -0.4 is 15.4 Å². The maximum atomic E-state index is 14.4.